The molecule has 1 fully saturated rings. The zero-order valence-corrected chi connectivity index (χ0v) is 26.6. The monoisotopic (exact) mass is 576 g/mol. The third kappa shape index (κ3) is 10.8. The SMILES string of the molecule is CCC(C)OC(OC(C)CC1CCCCC1)c1ccc(C(=O)N[C@@H](CCSC)C(=O)O)c(-c2ccccc2C)c1.[Li]. The van der Waals surface area contributed by atoms with Gasteiger partial charge in [-0.05, 0) is 86.8 Å². The van der Waals surface area contributed by atoms with Crippen molar-refractivity contribution < 1.29 is 24.2 Å². The molecule has 1 aliphatic carbocycles. The third-order valence-electron chi connectivity index (χ3n) is 7.89. The van der Waals surface area contributed by atoms with Crippen molar-refractivity contribution in [1.82, 2.24) is 5.32 Å². The van der Waals surface area contributed by atoms with Crippen LogP contribution in [0.1, 0.15) is 99.9 Å². The average Bonchev–Trinajstić information content (AvgIpc) is 2.95. The van der Waals surface area contributed by atoms with Gasteiger partial charge in [-0.15, -0.1) is 0 Å². The first-order valence-corrected chi connectivity index (χ1v) is 16.2. The number of aliphatic carboxylic acids is 1. The van der Waals surface area contributed by atoms with Crippen LogP contribution in [0.3, 0.4) is 0 Å². The number of nitrogens with one attached hydrogen (secondary N) is 1. The Hall–Kier alpha value is -1.75. The normalized spacial score (nSPS) is 16.7. The Kier molecular flexibility index (Phi) is 15.6. The average molecular weight is 577 g/mol. The molecular weight excluding hydrogens is 529 g/mol. The Morgan fingerprint density at radius 1 is 1.02 bits per heavy atom. The minimum Gasteiger partial charge on any atom is -0.480 e. The van der Waals surface area contributed by atoms with Gasteiger partial charge in [-0.2, -0.15) is 11.8 Å². The number of benzene rings is 2. The molecule has 2 aromatic rings. The van der Waals surface area contributed by atoms with Gasteiger partial charge in [0.05, 0.1) is 12.2 Å². The van der Waals surface area contributed by atoms with Crippen LogP contribution in [-0.2, 0) is 14.3 Å². The van der Waals surface area contributed by atoms with E-state index in [9.17, 15) is 14.7 Å². The fourth-order valence-corrected chi connectivity index (χ4v) is 5.86. The molecule has 221 valence electrons. The van der Waals surface area contributed by atoms with Gasteiger partial charge in [0.1, 0.15) is 6.04 Å². The number of carboxylic acid groups (broad SMARTS) is 1. The number of carbonyl (C=O) groups is 2. The van der Waals surface area contributed by atoms with Crippen LogP contribution in [0.2, 0.25) is 0 Å². The molecule has 2 aromatic carbocycles. The molecule has 1 saturated carbocycles. The van der Waals surface area contributed by atoms with Gasteiger partial charge in [0.25, 0.3) is 5.91 Å². The van der Waals surface area contributed by atoms with Gasteiger partial charge in [0.2, 0.25) is 0 Å². The van der Waals surface area contributed by atoms with Crippen molar-refractivity contribution in [1.29, 1.82) is 0 Å². The Morgan fingerprint density at radius 2 is 1.71 bits per heavy atom. The predicted octanol–water partition coefficient (Wildman–Crippen LogP) is 7.41. The van der Waals surface area contributed by atoms with Crippen LogP contribution in [0, 0.1) is 12.8 Å². The van der Waals surface area contributed by atoms with Gasteiger partial charge >= 0.3 is 5.97 Å². The Labute approximate surface area is 262 Å². The second-order valence-corrected chi connectivity index (χ2v) is 12.1. The van der Waals surface area contributed by atoms with E-state index in [4.69, 9.17) is 9.47 Å². The minimum atomic E-state index is -1.03. The van der Waals surface area contributed by atoms with E-state index in [2.05, 4.69) is 19.2 Å². The number of amides is 1. The fourth-order valence-electron chi connectivity index (χ4n) is 5.39. The van der Waals surface area contributed by atoms with Crippen LogP contribution in [0.5, 0.6) is 0 Å². The minimum absolute atomic E-state index is 0. The fraction of sp³-hybridized carbons (Fsp3) is 0.576. The van der Waals surface area contributed by atoms with Crippen molar-refractivity contribution in [2.45, 2.75) is 104 Å². The third-order valence-corrected chi connectivity index (χ3v) is 8.53. The first kappa shape index (κ1) is 35.4. The molecule has 3 unspecified atom stereocenters. The predicted molar refractivity (Wildman–Crippen MR) is 170 cm³/mol. The van der Waals surface area contributed by atoms with E-state index >= 15 is 0 Å². The van der Waals surface area contributed by atoms with Crippen LogP contribution >= 0.6 is 11.8 Å². The van der Waals surface area contributed by atoms with E-state index in [1.165, 1.54) is 32.1 Å². The molecule has 41 heavy (non-hydrogen) atoms. The molecule has 1 aliphatic rings. The molecule has 0 heterocycles. The summed E-state index contributed by atoms with van der Waals surface area (Å²) in [5.41, 5.74) is 3.97. The maximum atomic E-state index is 13.5. The summed E-state index contributed by atoms with van der Waals surface area (Å²) in [7, 11) is 0. The molecule has 4 atom stereocenters. The Morgan fingerprint density at radius 3 is 2.34 bits per heavy atom. The first-order chi connectivity index (χ1) is 19.2. The number of thioether (sulfide) groups is 1. The maximum Gasteiger partial charge on any atom is 0.326 e. The number of carboxylic acids is 1. The van der Waals surface area contributed by atoms with Crippen molar-refractivity contribution in [2.24, 2.45) is 5.92 Å². The van der Waals surface area contributed by atoms with Crippen molar-refractivity contribution in [3.8, 4) is 11.1 Å². The van der Waals surface area contributed by atoms with Gasteiger partial charge in [0, 0.05) is 30.0 Å². The van der Waals surface area contributed by atoms with E-state index in [1.807, 2.05) is 56.5 Å². The molecule has 0 saturated heterocycles. The van der Waals surface area contributed by atoms with Crippen LogP contribution in [-0.4, -0.2) is 66.1 Å². The van der Waals surface area contributed by atoms with Gasteiger partial charge in [0.15, 0.2) is 6.29 Å². The van der Waals surface area contributed by atoms with Gasteiger partial charge < -0.3 is 19.9 Å². The number of carbonyl (C=O) groups excluding carboxylic acids is 1. The number of hydrogen-bond acceptors (Lipinski definition) is 5. The number of aryl methyl sites for hydroxylation is 1. The molecular formula is C33H47LiNO5S. The van der Waals surface area contributed by atoms with E-state index in [0.29, 0.717) is 23.7 Å². The molecule has 8 heteroatoms. The second-order valence-electron chi connectivity index (χ2n) is 11.1. The van der Waals surface area contributed by atoms with Crippen LogP contribution in [0.4, 0.5) is 0 Å². The smallest absolute Gasteiger partial charge is 0.326 e. The summed E-state index contributed by atoms with van der Waals surface area (Å²) in [4.78, 5) is 25.3. The molecule has 2 N–H and O–H groups in total. The van der Waals surface area contributed by atoms with Gasteiger partial charge in [-0.25, -0.2) is 4.79 Å². The number of rotatable bonds is 15. The van der Waals surface area contributed by atoms with Crippen molar-refractivity contribution in [3.63, 3.8) is 0 Å². The summed E-state index contributed by atoms with van der Waals surface area (Å²) in [6, 6.07) is 12.6. The molecule has 0 bridgehead atoms. The van der Waals surface area contributed by atoms with Crippen molar-refractivity contribution in [3.05, 3.63) is 59.2 Å². The summed E-state index contributed by atoms with van der Waals surface area (Å²) < 4.78 is 13.0. The molecule has 1 amide bonds. The van der Waals surface area contributed by atoms with Crippen LogP contribution < -0.4 is 5.32 Å². The maximum absolute atomic E-state index is 13.5. The summed E-state index contributed by atoms with van der Waals surface area (Å²) in [6.45, 7) is 8.28. The Balaban J connectivity index is 0.00000588. The summed E-state index contributed by atoms with van der Waals surface area (Å²) in [5.74, 6) is -0.0933. The zero-order chi connectivity index (χ0) is 29.1. The summed E-state index contributed by atoms with van der Waals surface area (Å²) in [5, 5.41) is 12.4. The summed E-state index contributed by atoms with van der Waals surface area (Å²) in [6.07, 6.45) is 10.1. The van der Waals surface area contributed by atoms with Crippen LogP contribution in [0.15, 0.2) is 42.5 Å². The first-order valence-electron chi connectivity index (χ1n) is 14.8. The Bertz CT molecular complexity index is 1110. The number of ether oxygens (including phenoxy) is 2. The second kappa shape index (κ2) is 18.0. The van der Waals surface area contributed by atoms with E-state index in [0.717, 1.165) is 35.1 Å². The molecule has 6 nitrogen and oxygen atoms in total. The standard InChI is InChI=1S/C33H47NO5S.Li/c1-6-23(3)38-33(39-24(4)20-25-13-8-7-9-14-25)26-16-17-28(29(21-26)27-15-11-10-12-22(27)2)31(35)34-30(32(36)37)18-19-40-5;/h10-12,15-17,21,23-25,30,33H,6-9,13-14,18-20H2,1-5H3,(H,34,35)(H,36,37);/t23?,24?,30-,33?;/m0./s1. The van der Waals surface area contributed by atoms with Crippen molar-refractivity contribution >= 4 is 42.5 Å². The zero-order valence-electron chi connectivity index (χ0n) is 25.8. The quantitative estimate of drug-likeness (QED) is 0.170. The molecule has 0 spiro atoms. The molecule has 3 rings (SSSR count). The van der Waals surface area contributed by atoms with Gasteiger partial charge in [-0.1, -0.05) is 69.4 Å². The van der Waals surface area contributed by atoms with Crippen LogP contribution in [0.25, 0.3) is 11.1 Å². The largest absolute Gasteiger partial charge is 0.480 e. The number of hydrogen-bond donors (Lipinski definition) is 2. The topological polar surface area (TPSA) is 84.9 Å². The molecule has 0 aromatic heterocycles. The van der Waals surface area contributed by atoms with Gasteiger partial charge in [-0.3, -0.25) is 4.79 Å². The van der Waals surface area contributed by atoms with E-state index < -0.39 is 24.2 Å². The van der Waals surface area contributed by atoms with E-state index in [1.54, 1.807) is 17.8 Å². The van der Waals surface area contributed by atoms with Crippen molar-refractivity contribution in [2.75, 3.05) is 12.0 Å². The summed E-state index contributed by atoms with van der Waals surface area (Å²) >= 11 is 1.56. The molecule has 1 radical (unpaired) electrons. The molecule has 0 aliphatic heterocycles. The van der Waals surface area contributed by atoms with E-state index in [-0.39, 0.29) is 31.1 Å².